The summed E-state index contributed by atoms with van der Waals surface area (Å²) in [4.78, 5) is 14.1. The molecular formula is C8H10ClN5O2. The second kappa shape index (κ2) is 5.86. The zero-order valence-corrected chi connectivity index (χ0v) is 9.23. The molecule has 0 atom stereocenters. The highest BCUT2D eigenvalue weighted by molar-refractivity contribution is 6.29. The zero-order valence-electron chi connectivity index (χ0n) is 8.48. The molecule has 0 amide bonds. The lowest BCUT2D eigenvalue weighted by Gasteiger charge is -2.06. The molecule has 2 N–H and O–H groups in total. The maximum Gasteiger partial charge on any atom is 0.273 e. The average molecular weight is 244 g/mol. The first kappa shape index (κ1) is 12.2. The van der Waals surface area contributed by atoms with E-state index < -0.39 is 5.03 Å². The van der Waals surface area contributed by atoms with Crippen LogP contribution in [0.1, 0.15) is 6.92 Å². The molecule has 16 heavy (non-hydrogen) atoms. The van der Waals surface area contributed by atoms with Crippen LogP contribution < -0.4 is 10.6 Å². The van der Waals surface area contributed by atoms with Crippen molar-refractivity contribution in [2.75, 3.05) is 11.9 Å². The summed E-state index contributed by atoms with van der Waals surface area (Å²) in [5, 5.41) is 18.4. The van der Waals surface area contributed by atoms with Gasteiger partial charge in [0.05, 0.1) is 11.9 Å². The number of pyridine rings is 1. The molecule has 0 aliphatic rings. The Morgan fingerprint density at radius 1 is 1.69 bits per heavy atom. The minimum atomic E-state index is -0.783. The van der Waals surface area contributed by atoms with Gasteiger partial charge in [0.15, 0.2) is 5.03 Å². The van der Waals surface area contributed by atoms with Crippen molar-refractivity contribution in [1.82, 2.24) is 10.3 Å². The van der Waals surface area contributed by atoms with Crippen molar-refractivity contribution in [2.45, 2.75) is 6.92 Å². The Morgan fingerprint density at radius 3 is 2.94 bits per heavy atom. The Hall–Kier alpha value is -1.89. The number of rotatable bonds is 3. The molecule has 1 rings (SSSR count). The molecule has 0 fully saturated rings. The fourth-order valence-corrected chi connectivity index (χ4v) is 1.05. The van der Waals surface area contributed by atoms with Crippen LogP contribution in [-0.2, 0) is 0 Å². The van der Waals surface area contributed by atoms with Crippen LogP contribution in [0, 0.1) is 10.1 Å². The van der Waals surface area contributed by atoms with E-state index in [-0.39, 0.29) is 5.96 Å². The lowest BCUT2D eigenvalue weighted by atomic mass is 10.4. The van der Waals surface area contributed by atoms with E-state index >= 15 is 0 Å². The minimum Gasteiger partial charge on any atom is -0.351 e. The number of aromatic nitrogens is 1. The second-order valence-corrected chi connectivity index (χ2v) is 3.10. The molecule has 1 heterocycles. The number of hydrogen-bond acceptors (Lipinski definition) is 3. The first-order valence-electron chi connectivity index (χ1n) is 4.47. The predicted molar refractivity (Wildman–Crippen MR) is 61.0 cm³/mol. The van der Waals surface area contributed by atoms with E-state index in [1.165, 1.54) is 6.20 Å². The van der Waals surface area contributed by atoms with Gasteiger partial charge in [-0.15, -0.1) is 0 Å². The fraction of sp³-hybridized carbons (Fsp3) is 0.250. The monoisotopic (exact) mass is 243 g/mol. The van der Waals surface area contributed by atoms with Crippen molar-refractivity contribution in [2.24, 2.45) is 5.10 Å². The molecule has 7 nitrogen and oxygen atoms in total. The summed E-state index contributed by atoms with van der Waals surface area (Å²) >= 11 is 5.60. The van der Waals surface area contributed by atoms with Crippen LogP contribution >= 0.6 is 11.6 Å². The molecule has 0 aliphatic carbocycles. The SMILES string of the molecule is CCNC(=N[N+](=O)[O-])Nc1ccc(Cl)nc1. The molecule has 0 aliphatic heterocycles. The van der Waals surface area contributed by atoms with Crippen LogP contribution in [0.3, 0.4) is 0 Å². The summed E-state index contributed by atoms with van der Waals surface area (Å²) in [5.41, 5.74) is 0.561. The summed E-state index contributed by atoms with van der Waals surface area (Å²) in [7, 11) is 0. The molecule has 0 aromatic carbocycles. The van der Waals surface area contributed by atoms with E-state index in [1.54, 1.807) is 19.1 Å². The normalized spacial score (nSPS) is 11.0. The maximum atomic E-state index is 10.2. The zero-order chi connectivity index (χ0) is 12.0. The van der Waals surface area contributed by atoms with Crippen LogP contribution in [0.2, 0.25) is 5.15 Å². The Morgan fingerprint density at radius 2 is 2.44 bits per heavy atom. The third kappa shape index (κ3) is 4.09. The van der Waals surface area contributed by atoms with Crippen LogP contribution in [0.5, 0.6) is 0 Å². The van der Waals surface area contributed by atoms with Gasteiger partial charge in [0.25, 0.3) is 5.96 Å². The number of guanidine groups is 1. The van der Waals surface area contributed by atoms with Gasteiger partial charge in [0.2, 0.25) is 0 Å². The molecule has 0 radical (unpaired) electrons. The highest BCUT2D eigenvalue weighted by Gasteiger charge is 2.04. The molecule has 1 aromatic heterocycles. The first-order valence-corrected chi connectivity index (χ1v) is 4.85. The van der Waals surface area contributed by atoms with Gasteiger partial charge in [0.1, 0.15) is 10.3 Å². The van der Waals surface area contributed by atoms with E-state index in [9.17, 15) is 10.1 Å². The van der Waals surface area contributed by atoms with Gasteiger partial charge >= 0.3 is 0 Å². The standard InChI is InChI=1S/C8H10ClN5O2/c1-2-10-8(13-14(15)16)12-6-3-4-7(9)11-5-6/h3-5H,2H2,1H3,(H2,10,12,13). The minimum absolute atomic E-state index is 0.0524. The van der Waals surface area contributed by atoms with Gasteiger partial charge < -0.3 is 10.6 Å². The Bertz CT molecular complexity index is 392. The Balaban J connectivity index is 2.75. The van der Waals surface area contributed by atoms with E-state index in [1.807, 2.05) is 0 Å². The molecule has 0 unspecified atom stereocenters. The lowest BCUT2D eigenvalue weighted by molar-refractivity contribution is -0.485. The van der Waals surface area contributed by atoms with E-state index in [0.717, 1.165) is 0 Å². The summed E-state index contributed by atoms with van der Waals surface area (Å²) in [6.07, 6.45) is 1.45. The van der Waals surface area contributed by atoms with Crippen molar-refractivity contribution < 1.29 is 5.03 Å². The van der Waals surface area contributed by atoms with Crippen LogP contribution in [0.25, 0.3) is 0 Å². The number of halogens is 1. The molecule has 8 heteroatoms. The van der Waals surface area contributed by atoms with E-state index in [0.29, 0.717) is 17.4 Å². The highest BCUT2D eigenvalue weighted by Crippen LogP contribution is 2.09. The third-order valence-corrected chi connectivity index (χ3v) is 1.74. The molecule has 0 saturated heterocycles. The number of nitrogens with one attached hydrogen (secondary N) is 2. The van der Waals surface area contributed by atoms with E-state index in [4.69, 9.17) is 11.6 Å². The van der Waals surface area contributed by atoms with Crippen molar-refractivity contribution in [3.05, 3.63) is 33.6 Å². The van der Waals surface area contributed by atoms with Crippen molar-refractivity contribution >= 4 is 23.2 Å². The molecule has 0 saturated carbocycles. The largest absolute Gasteiger partial charge is 0.351 e. The molecule has 0 bridgehead atoms. The molecule has 0 spiro atoms. The van der Waals surface area contributed by atoms with Crippen LogP contribution in [0.15, 0.2) is 23.4 Å². The summed E-state index contributed by atoms with van der Waals surface area (Å²) in [6, 6.07) is 3.21. The Labute approximate surface area is 96.7 Å². The van der Waals surface area contributed by atoms with Gasteiger partial charge in [-0.1, -0.05) is 11.6 Å². The van der Waals surface area contributed by atoms with Gasteiger partial charge in [-0.05, 0) is 19.1 Å². The maximum absolute atomic E-state index is 10.2. The second-order valence-electron chi connectivity index (χ2n) is 2.71. The number of nitrogens with zero attached hydrogens (tertiary/aromatic N) is 3. The predicted octanol–water partition coefficient (Wildman–Crippen LogP) is 1.30. The van der Waals surface area contributed by atoms with Crippen molar-refractivity contribution in [3.63, 3.8) is 0 Å². The fourth-order valence-electron chi connectivity index (χ4n) is 0.940. The number of anilines is 1. The lowest BCUT2D eigenvalue weighted by Crippen LogP contribution is -2.31. The number of hydrazone groups is 1. The van der Waals surface area contributed by atoms with Gasteiger partial charge in [0, 0.05) is 6.54 Å². The van der Waals surface area contributed by atoms with Crippen LogP contribution in [-0.4, -0.2) is 22.5 Å². The highest BCUT2D eigenvalue weighted by atomic mass is 35.5. The van der Waals surface area contributed by atoms with Crippen LogP contribution in [0.4, 0.5) is 5.69 Å². The number of hydrogen-bond donors (Lipinski definition) is 2. The summed E-state index contributed by atoms with van der Waals surface area (Å²) < 4.78 is 0. The van der Waals surface area contributed by atoms with Crippen molar-refractivity contribution in [1.29, 1.82) is 0 Å². The van der Waals surface area contributed by atoms with Gasteiger partial charge in [-0.2, -0.15) is 0 Å². The molecule has 1 aromatic rings. The van der Waals surface area contributed by atoms with E-state index in [2.05, 4.69) is 20.7 Å². The average Bonchev–Trinajstić information content (AvgIpc) is 2.21. The molecular weight excluding hydrogens is 234 g/mol. The first-order chi connectivity index (χ1) is 7.61. The van der Waals surface area contributed by atoms with Crippen molar-refractivity contribution in [3.8, 4) is 0 Å². The third-order valence-electron chi connectivity index (χ3n) is 1.52. The topological polar surface area (TPSA) is 92.5 Å². The molecule has 86 valence electrons. The Kier molecular flexibility index (Phi) is 4.46. The smallest absolute Gasteiger partial charge is 0.273 e. The quantitative estimate of drug-likeness (QED) is 0.274. The van der Waals surface area contributed by atoms with Gasteiger partial charge in [-0.3, -0.25) is 0 Å². The summed E-state index contributed by atoms with van der Waals surface area (Å²) in [5.74, 6) is 0.0524. The van der Waals surface area contributed by atoms with Gasteiger partial charge in [-0.25, -0.2) is 15.1 Å². The number of nitro groups is 1. The summed E-state index contributed by atoms with van der Waals surface area (Å²) in [6.45, 7) is 2.32.